The standard InChI is InChI=1S/C26H37N3O4/c1-6-32-24-17-23(29-12-14-31-15-13-29)25(33-7-2)16-22(24)28-26(30)20(5)27-19(4)21-11-9-8-10-18(21)3/h8-11,16-17,19-20,27H,6-7,12-15H2,1-5H3,(H,28,30)/t19-,20+/m0/s1. The van der Waals surface area contributed by atoms with Gasteiger partial charge in [-0.15, -0.1) is 0 Å². The predicted octanol–water partition coefficient (Wildman–Crippen LogP) is 4.31. The lowest BCUT2D eigenvalue weighted by molar-refractivity contribution is -0.118. The predicted molar refractivity (Wildman–Crippen MR) is 133 cm³/mol. The summed E-state index contributed by atoms with van der Waals surface area (Å²) < 4.78 is 17.3. The van der Waals surface area contributed by atoms with Gasteiger partial charge in [0.2, 0.25) is 5.91 Å². The van der Waals surface area contributed by atoms with Gasteiger partial charge in [-0.25, -0.2) is 0 Å². The summed E-state index contributed by atoms with van der Waals surface area (Å²) in [5, 5.41) is 6.45. The van der Waals surface area contributed by atoms with E-state index in [2.05, 4.69) is 41.5 Å². The van der Waals surface area contributed by atoms with Crippen LogP contribution in [0.5, 0.6) is 11.5 Å². The summed E-state index contributed by atoms with van der Waals surface area (Å²) in [6.45, 7) is 13.9. The van der Waals surface area contributed by atoms with Crippen LogP contribution in [0.2, 0.25) is 0 Å². The third kappa shape index (κ3) is 6.39. The van der Waals surface area contributed by atoms with Crippen molar-refractivity contribution in [1.29, 1.82) is 0 Å². The molecule has 0 aliphatic carbocycles. The second kappa shape index (κ2) is 11.9. The zero-order chi connectivity index (χ0) is 23.8. The van der Waals surface area contributed by atoms with E-state index >= 15 is 0 Å². The molecule has 2 atom stereocenters. The quantitative estimate of drug-likeness (QED) is 0.556. The van der Waals surface area contributed by atoms with Crippen LogP contribution in [0, 0.1) is 6.92 Å². The van der Waals surface area contributed by atoms with Crippen LogP contribution < -0.4 is 25.0 Å². The molecular formula is C26H37N3O4. The Morgan fingerprint density at radius 3 is 2.39 bits per heavy atom. The first-order chi connectivity index (χ1) is 15.9. The van der Waals surface area contributed by atoms with Crippen LogP contribution in [-0.2, 0) is 9.53 Å². The molecular weight excluding hydrogens is 418 g/mol. The third-order valence-corrected chi connectivity index (χ3v) is 5.82. The smallest absolute Gasteiger partial charge is 0.241 e. The Morgan fingerprint density at radius 1 is 1.06 bits per heavy atom. The molecule has 0 spiro atoms. The van der Waals surface area contributed by atoms with E-state index in [1.807, 2.05) is 45.0 Å². The molecule has 2 N–H and O–H groups in total. The molecule has 2 aromatic carbocycles. The van der Waals surface area contributed by atoms with Gasteiger partial charge in [0.05, 0.1) is 43.8 Å². The van der Waals surface area contributed by atoms with E-state index in [0.29, 0.717) is 37.9 Å². The van der Waals surface area contributed by atoms with Crippen molar-refractivity contribution in [1.82, 2.24) is 5.32 Å². The molecule has 1 saturated heterocycles. The van der Waals surface area contributed by atoms with Crippen LogP contribution in [0.4, 0.5) is 11.4 Å². The average molecular weight is 456 g/mol. The van der Waals surface area contributed by atoms with Gasteiger partial charge in [0.15, 0.2) is 0 Å². The number of carbonyl (C=O) groups excluding carboxylic acids is 1. The van der Waals surface area contributed by atoms with Gasteiger partial charge in [-0.1, -0.05) is 24.3 Å². The Balaban J connectivity index is 1.79. The first-order valence-corrected chi connectivity index (χ1v) is 11.8. The van der Waals surface area contributed by atoms with E-state index in [0.717, 1.165) is 24.5 Å². The summed E-state index contributed by atoms with van der Waals surface area (Å²) in [5.41, 5.74) is 3.95. The normalized spacial score (nSPS) is 15.6. The van der Waals surface area contributed by atoms with Crippen LogP contribution in [0.25, 0.3) is 0 Å². The van der Waals surface area contributed by atoms with Crippen molar-refractivity contribution in [3.8, 4) is 11.5 Å². The topological polar surface area (TPSA) is 72.1 Å². The summed E-state index contributed by atoms with van der Waals surface area (Å²) in [4.78, 5) is 15.3. The van der Waals surface area contributed by atoms with Crippen LogP contribution in [0.15, 0.2) is 36.4 Å². The summed E-state index contributed by atoms with van der Waals surface area (Å²) in [5.74, 6) is 1.24. The van der Waals surface area contributed by atoms with Gasteiger partial charge in [0, 0.05) is 31.3 Å². The minimum atomic E-state index is -0.399. The third-order valence-electron chi connectivity index (χ3n) is 5.82. The van der Waals surface area contributed by atoms with E-state index in [1.165, 1.54) is 11.1 Å². The van der Waals surface area contributed by atoms with Gasteiger partial charge in [0.25, 0.3) is 0 Å². The fourth-order valence-electron chi connectivity index (χ4n) is 4.10. The number of morpholine rings is 1. The molecule has 3 rings (SSSR count). The number of nitrogens with one attached hydrogen (secondary N) is 2. The van der Waals surface area contributed by atoms with Crippen molar-refractivity contribution in [2.45, 2.75) is 46.7 Å². The van der Waals surface area contributed by atoms with Gasteiger partial charge in [-0.05, 0) is 45.7 Å². The van der Waals surface area contributed by atoms with Gasteiger partial charge >= 0.3 is 0 Å². The Bertz CT molecular complexity index is 928. The van der Waals surface area contributed by atoms with Gasteiger partial charge in [-0.3, -0.25) is 10.1 Å². The molecule has 0 bridgehead atoms. The molecule has 7 nitrogen and oxygen atoms in total. The van der Waals surface area contributed by atoms with Crippen LogP contribution in [0.1, 0.15) is 44.9 Å². The van der Waals surface area contributed by atoms with Crippen LogP contribution >= 0.6 is 0 Å². The maximum absolute atomic E-state index is 13.1. The number of amides is 1. The lowest BCUT2D eigenvalue weighted by Crippen LogP contribution is -2.39. The molecule has 1 fully saturated rings. The Morgan fingerprint density at radius 2 is 1.73 bits per heavy atom. The molecule has 180 valence electrons. The van der Waals surface area contributed by atoms with Gasteiger partial charge in [-0.2, -0.15) is 0 Å². The highest BCUT2D eigenvalue weighted by molar-refractivity contribution is 5.96. The second-order valence-electron chi connectivity index (χ2n) is 8.24. The lowest BCUT2D eigenvalue weighted by atomic mass is 10.0. The summed E-state index contributed by atoms with van der Waals surface area (Å²) in [6.07, 6.45) is 0. The summed E-state index contributed by atoms with van der Waals surface area (Å²) >= 11 is 0. The number of ether oxygens (including phenoxy) is 3. The molecule has 33 heavy (non-hydrogen) atoms. The molecule has 0 unspecified atom stereocenters. The van der Waals surface area contributed by atoms with Crippen molar-refractivity contribution in [3.63, 3.8) is 0 Å². The number of aryl methyl sites for hydroxylation is 1. The molecule has 7 heteroatoms. The molecule has 2 aromatic rings. The highest BCUT2D eigenvalue weighted by Gasteiger charge is 2.23. The Labute approximate surface area is 197 Å². The lowest BCUT2D eigenvalue weighted by Gasteiger charge is -2.31. The SMILES string of the molecule is CCOc1cc(N2CCOCC2)c(OCC)cc1NC(=O)[C@@H](C)N[C@@H](C)c1ccccc1C. The maximum Gasteiger partial charge on any atom is 0.241 e. The molecule has 1 amide bonds. The molecule has 1 aliphatic rings. The molecule has 0 radical (unpaired) electrons. The maximum atomic E-state index is 13.1. The molecule has 0 aromatic heterocycles. The molecule has 1 aliphatic heterocycles. The average Bonchev–Trinajstić information content (AvgIpc) is 2.81. The number of benzene rings is 2. The van der Waals surface area contributed by atoms with Crippen molar-refractivity contribution in [2.24, 2.45) is 0 Å². The number of hydrogen-bond acceptors (Lipinski definition) is 6. The number of anilines is 2. The zero-order valence-electron chi connectivity index (χ0n) is 20.4. The van der Waals surface area contributed by atoms with Crippen molar-refractivity contribution in [3.05, 3.63) is 47.5 Å². The highest BCUT2D eigenvalue weighted by atomic mass is 16.5. The van der Waals surface area contributed by atoms with Crippen molar-refractivity contribution < 1.29 is 19.0 Å². The zero-order valence-corrected chi connectivity index (χ0v) is 20.4. The van der Waals surface area contributed by atoms with Crippen molar-refractivity contribution in [2.75, 3.05) is 49.7 Å². The minimum absolute atomic E-state index is 0.0426. The van der Waals surface area contributed by atoms with Crippen LogP contribution in [-0.4, -0.2) is 51.5 Å². The Hall–Kier alpha value is -2.77. The van der Waals surface area contributed by atoms with Gasteiger partial charge < -0.3 is 24.4 Å². The fourth-order valence-corrected chi connectivity index (χ4v) is 4.10. The van der Waals surface area contributed by atoms with E-state index in [-0.39, 0.29) is 11.9 Å². The number of carbonyl (C=O) groups is 1. The van der Waals surface area contributed by atoms with Crippen molar-refractivity contribution >= 4 is 17.3 Å². The molecule has 1 heterocycles. The largest absolute Gasteiger partial charge is 0.492 e. The Kier molecular flexibility index (Phi) is 8.97. The van der Waals surface area contributed by atoms with E-state index in [1.54, 1.807) is 0 Å². The molecule has 0 saturated carbocycles. The van der Waals surface area contributed by atoms with E-state index in [9.17, 15) is 4.79 Å². The second-order valence-corrected chi connectivity index (χ2v) is 8.24. The number of rotatable bonds is 10. The van der Waals surface area contributed by atoms with Crippen LogP contribution in [0.3, 0.4) is 0 Å². The first-order valence-electron chi connectivity index (χ1n) is 11.8. The number of hydrogen-bond donors (Lipinski definition) is 2. The number of nitrogens with zero attached hydrogens (tertiary/aromatic N) is 1. The summed E-state index contributed by atoms with van der Waals surface area (Å²) in [7, 11) is 0. The fraction of sp³-hybridized carbons (Fsp3) is 0.500. The van der Waals surface area contributed by atoms with E-state index < -0.39 is 6.04 Å². The summed E-state index contributed by atoms with van der Waals surface area (Å²) in [6, 6.07) is 11.7. The monoisotopic (exact) mass is 455 g/mol. The van der Waals surface area contributed by atoms with E-state index in [4.69, 9.17) is 14.2 Å². The first kappa shape index (κ1) is 24.9. The highest BCUT2D eigenvalue weighted by Crippen LogP contribution is 2.39. The van der Waals surface area contributed by atoms with Gasteiger partial charge in [0.1, 0.15) is 11.5 Å². The minimum Gasteiger partial charge on any atom is -0.492 e.